The number of rotatable bonds is 7. The molecular weight excluding hydrogens is 216 g/mol. The van der Waals surface area contributed by atoms with E-state index in [2.05, 4.69) is 19.2 Å². The minimum absolute atomic E-state index is 0.0659. The fourth-order valence-electron chi connectivity index (χ4n) is 2.10. The second-order valence-electron chi connectivity index (χ2n) is 5.82. The smallest absolute Gasteiger partial charge is 0.237 e. The van der Waals surface area contributed by atoms with Crippen molar-refractivity contribution in [3.63, 3.8) is 0 Å². The molecule has 4 heteroatoms. The predicted molar refractivity (Wildman–Crippen MR) is 70.9 cm³/mol. The third-order valence-electron chi connectivity index (χ3n) is 2.90. The number of carbonyl (C=O) groups is 1. The zero-order chi connectivity index (χ0) is 13.6. The largest absolute Gasteiger partial charge is 0.393 e. The number of hydrogen-bond donors (Lipinski definition) is 2. The number of hydrogen-bond acceptors (Lipinski definition) is 3. The summed E-state index contributed by atoms with van der Waals surface area (Å²) in [6.45, 7) is 8.48. The Morgan fingerprint density at radius 1 is 1.41 bits per heavy atom. The van der Waals surface area contributed by atoms with Crippen LogP contribution in [0, 0.1) is 5.41 Å². The van der Waals surface area contributed by atoms with Gasteiger partial charge in [-0.05, 0) is 39.3 Å². The molecule has 102 valence electrons. The summed E-state index contributed by atoms with van der Waals surface area (Å²) in [5.41, 5.74) is -0.0750. The predicted octanol–water partition coefficient (Wildman–Crippen LogP) is 1.24. The normalized spacial score (nSPS) is 15.8. The minimum atomic E-state index is -0.335. The fraction of sp³-hybridized carbons (Fsp3) is 0.923. The van der Waals surface area contributed by atoms with E-state index in [0.29, 0.717) is 13.0 Å². The van der Waals surface area contributed by atoms with Crippen LogP contribution in [0.1, 0.15) is 40.5 Å². The van der Waals surface area contributed by atoms with Crippen molar-refractivity contribution in [2.75, 3.05) is 20.6 Å². The zero-order valence-corrected chi connectivity index (χ0v) is 12.1. The van der Waals surface area contributed by atoms with Crippen LogP contribution in [0.3, 0.4) is 0 Å². The van der Waals surface area contributed by atoms with Crippen molar-refractivity contribution in [3.8, 4) is 0 Å². The molecule has 0 aliphatic carbocycles. The SMILES string of the molecule is CCC(C(=O)NCC(C)(C)CC(C)O)N(C)C. The second-order valence-corrected chi connectivity index (χ2v) is 5.82. The third-order valence-corrected chi connectivity index (χ3v) is 2.90. The molecule has 17 heavy (non-hydrogen) atoms. The van der Waals surface area contributed by atoms with Crippen molar-refractivity contribution in [1.29, 1.82) is 0 Å². The van der Waals surface area contributed by atoms with Gasteiger partial charge in [0.25, 0.3) is 0 Å². The lowest BCUT2D eigenvalue weighted by atomic mass is 9.87. The highest BCUT2D eigenvalue weighted by atomic mass is 16.3. The van der Waals surface area contributed by atoms with E-state index >= 15 is 0 Å². The minimum Gasteiger partial charge on any atom is -0.393 e. The van der Waals surface area contributed by atoms with Crippen molar-refractivity contribution in [2.24, 2.45) is 5.41 Å². The van der Waals surface area contributed by atoms with Gasteiger partial charge in [0.2, 0.25) is 5.91 Å². The maximum absolute atomic E-state index is 11.9. The van der Waals surface area contributed by atoms with Gasteiger partial charge in [-0.25, -0.2) is 0 Å². The first-order valence-electron chi connectivity index (χ1n) is 6.32. The van der Waals surface area contributed by atoms with Crippen molar-refractivity contribution >= 4 is 5.91 Å². The third kappa shape index (κ3) is 6.64. The molecule has 4 nitrogen and oxygen atoms in total. The molecule has 0 aliphatic heterocycles. The number of nitrogens with one attached hydrogen (secondary N) is 1. The van der Waals surface area contributed by atoms with Gasteiger partial charge in [0.1, 0.15) is 0 Å². The van der Waals surface area contributed by atoms with Gasteiger partial charge in [0, 0.05) is 6.54 Å². The van der Waals surface area contributed by atoms with Gasteiger partial charge in [0.15, 0.2) is 0 Å². The molecule has 0 aliphatic rings. The summed E-state index contributed by atoms with van der Waals surface area (Å²) in [5.74, 6) is 0.0659. The Hall–Kier alpha value is -0.610. The molecule has 0 rings (SSSR count). The highest BCUT2D eigenvalue weighted by molar-refractivity contribution is 5.81. The van der Waals surface area contributed by atoms with Crippen molar-refractivity contribution < 1.29 is 9.90 Å². The van der Waals surface area contributed by atoms with E-state index in [4.69, 9.17) is 0 Å². The summed E-state index contributed by atoms with van der Waals surface area (Å²) in [6, 6.07) is -0.0719. The lowest BCUT2D eigenvalue weighted by molar-refractivity contribution is -0.126. The lowest BCUT2D eigenvalue weighted by Gasteiger charge is -2.28. The van der Waals surface area contributed by atoms with E-state index in [1.807, 2.05) is 25.9 Å². The van der Waals surface area contributed by atoms with Gasteiger partial charge < -0.3 is 10.4 Å². The maximum atomic E-state index is 11.9. The van der Waals surface area contributed by atoms with Gasteiger partial charge in [0.05, 0.1) is 12.1 Å². The van der Waals surface area contributed by atoms with Gasteiger partial charge in [-0.2, -0.15) is 0 Å². The topological polar surface area (TPSA) is 52.6 Å². The molecule has 1 amide bonds. The molecule has 0 aromatic heterocycles. The van der Waals surface area contributed by atoms with E-state index in [9.17, 15) is 9.90 Å². The van der Waals surface area contributed by atoms with Crippen LogP contribution in [0.25, 0.3) is 0 Å². The number of nitrogens with zero attached hydrogens (tertiary/aromatic N) is 1. The van der Waals surface area contributed by atoms with Crippen LogP contribution in [0.5, 0.6) is 0 Å². The molecule has 0 bridgehead atoms. The number of aliphatic hydroxyl groups excluding tert-OH is 1. The van der Waals surface area contributed by atoms with Crippen LogP contribution in [0.15, 0.2) is 0 Å². The standard InChI is InChI=1S/C13H28N2O2/c1-7-11(15(5)6)12(17)14-9-13(3,4)8-10(2)16/h10-11,16H,7-9H2,1-6H3,(H,14,17). The van der Waals surface area contributed by atoms with Crippen LogP contribution < -0.4 is 5.32 Å². The molecule has 0 aromatic rings. The maximum Gasteiger partial charge on any atom is 0.237 e. The average molecular weight is 244 g/mol. The van der Waals surface area contributed by atoms with E-state index in [0.717, 1.165) is 6.42 Å². The Balaban J connectivity index is 4.22. The van der Waals surface area contributed by atoms with Gasteiger partial charge in [-0.15, -0.1) is 0 Å². The number of aliphatic hydroxyl groups is 1. The molecule has 0 radical (unpaired) electrons. The first-order valence-corrected chi connectivity index (χ1v) is 6.32. The number of likely N-dealkylation sites (N-methyl/N-ethyl adjacent to an activating group) is 1. The second kappa shape index (κ2) is 6.97. The fourth-order valence-corrected chi connectivity index (χ4v) is 2.10. The Labute approximate surface area is 105 Å². The Bertz CT molecular complexity index is 238. The summed E-state index contributed by atoms with van der Waals surface area (Å²) >= 11 is 0. The molecule has 0 aromatic carbocycles. The van der Waals surface area contributed by atoms with Crippen LogP contribution in [-0.2, 0) is 4.79 Å². The van der Waals surface area contributed by atoms with E-state index in [1.54, 1.807) is 6.92 Å². The quantitative estimate of drug-likeness (QED) is 0.708. The molecular formula is C13H28N2O2. The highest BCUT2D eigenvalue weighted by Gasteiger charge is 2.24. The first-order chi connectivity index (χ1) is 7.69. The van der Waals surface area contributed by atoms with Gasteiger partial charge in [-0.3, -0.25) is 9.69 Å². The van der Waals surface area contributed by atoms with Gasteiger partial charge in [-0.1, -0.05) is 20.8 Å². The molecule has 0 fully saturated rings. The van der Waals surface area contributed by atoms with Crippen molar-refractivity contribution in [2.45, 2.75) is 52.7 Å². The van der Waals surface area contributed by atoms with E-state index in [-0.39, 0.29) is 23.5 Å². The summed E-state index contributed by atoms with van der Waals surface area (Å²) in [5, 5.41) is 12.3. The van der Waals surface area contributed by atoms with Gasteiger partial charge >= 0.3 is 0 Å². The lowest BCUT2D eigenvalue weighted by Crippen LogP contribution is -2.46. The monoisotopic (exact) mass is 244 g/mol. The molecule has 0 saturated carbocycles. The van der Waals surface area contributed by atoms with Crippen molar-refractivity contribution in [1.82, 2.24) is 10.2 Å². The molecule has 2 atom stereocenters. The molecule has 2 unspecified atom stereocenters. The summed E-state index contributed by atoms with van der Waals surface area (Å²) in [6.07, 6.45) is 1.15. The summed E-state index contributed by atoms with van der Waals surface area (Å²) < 4.78 is 0. The van der Waals surface area contributed by atoms with Crippen LogP contribution in [0.4, 0.5) is 0 Å². The number of carbonyl (C=O) groups excluding carboxylic acids is 1. The van der Waals surface area contributed by atoms with Crippen LogP contribution >= 0.6 is 0 Å². The van der Waals surface area contributed by atoms with Crippen LogP contribution in [-0.4, -0.2) is 48.7 Å². The first kappa shape index (κ1) is 16.4. The number of amides is 1. The Kier molecular flexibility index (Phi) is 6.72. The molecule has 0 heterocycles. The summed E-state index contributed by atoms with van der Waals surface area (Å²) in [4.78, 5) is 13.9. The van der Waals surface area contributed by atoms with Crippen LogP contribution in [0.2, 0.25) is 0 Å². The van der Waals surface area contributed by atoms with E-state index < -0.39 is 0 Å². The molecule has 2 N–H and O–H groups in total. The van der Waals surface area contributed by atoms with E-state index in [1.165, 1.54) is 0 Å². The Morgan fingerprint density at radius 2 is 1.94 bits per heavy atom. The summed E-state index contributed by atoms with van der Waals surface area (Å²) in [7, 11) is 3.82. The van der Waals surface area contributed by atoms with Crippen molar-refractivity contribution in [3.05, 3.63) is 0 Å². The Morgan fingerprint density at radius 3 is 2.29 bits per heavy atom. The molecule has 0 saturated heterocycles. The highest BCUT2D eigenvalue weighted by Crippen LogP contribution is 2.21. The molecule has 0 spiro atoms. The average Bonchev–Trinajstić information content (AvgIpc) is 2.13. The zero-order valence-electron chi connectivity index (χ0n) is 12.1.